The van der Waals surface area contributed by atoms with Gasteiger partial charge in [-0.25, -0.2) is 0 Å². The van der Waals surface area contributed by atoms with Crippen LogP contribution in [0.15, 0.2) is 24.3 Å². The van der Waals surface area contributed by atoms with E-state index in [1.54, 1.807) is 19.2 Å². The lowest BCUT2D eigenvalue weighted by Crippen LogP contribution is -2.32. The topological polar surface area (TPSA) is 49.3 Å². The van der Waals surface area contributed by atoms with E-state index in [9.17, 15) is 9.90 Å². The number of hydrogen-bond acceptors (Lipinski definition) is 2. The van der Waals surface area contributed by atoms with Gasteiger partial charge in [0.05, 0.1) is 5.41 Å². The second-order valence-corrected chi connectivity index (χ2v) is 4.67. The number of aliphatic carboxylic acids is 1. The van der Waals surface area contributed by atoms with E-state index in [-0.39, 0.29) is 6.04 Å². The molecule has 86 valence electrons. The van der Waals surface area contributed by atoms with Crippen molar-refractivity contribution in [3.8, 4) is 0 Å². The maximum Gasteiger partial charge on any atom is 0.311 e. The summed E-state index contributed by atoms with van der Waals surface area (Å²) in [4.78, 5) is 11.3. The molecule has 0 aliphatic heterocycles. The van der Waals surface area contributed by atoms with Crippen LogP contribution in [0.2, 0.25) is 5.02 Å². The van der Waals surface area contributed by atoms with Crippen LogP contribution in [0.4, 0.5) is 0 Å². The summed E-state index contributed by atoms with van der Waals surface area (Å²) in [6.45, 7) is 0. The monoisotopic (exact) mass is 239 g/mol. The average Bonchev–Trinajstić information content (AvgIpc) is 3.03. The second kappa shape index (κ2) is 4.07. The van der Waals surface area contributed by atoms with Gasteiger partial charge in [0.1, 0.15) is 0 Å². The van der Waals surface area contributed by atoms with E-state index >= 15 is 0 Å². The van der Waals surface area contributed by atoms with E-state index in [1.165, 1.54) is 0 Å². The first-order valence-electron chi connectivity index (χ1n) is 5.26. The van der Waals surface area contributed by atoms with Gasteiger partial charge in [-0.15, -0.1) is 0 Å². The highest BCUT2D eigenvalue weighted by atomic mass is 35.5. The highest BCUT2D eigenvalue weighted by molar-refractivity contribution is 6.30. The zero-order valence-electron chi connectivity index (χ0n) is 9.03. The molecular weight excluding hydrogens is 226 g/mol. The molecule has 0 heterocycles. The minimum Gasteiger partial charge on any atom is -0.481 e. The van der Waals surface area contributed by atoms with Gasteiger partial charge in [0, 0.05) is 11.1 Å². The zero-order chi connectivity index (χ0) is 11.8. The molecule has 0 aromatic heterocycles. The van der Waals surface area contributed by atoms with Crippen molar-refractivity contribution in [1.82, 2.24) is 5.32 Å². The summed E-state index contributed by atoms with van der Waals surface area (Å²) in [6, 6.07) is 7.21. The average molecular weight is 240 g/mol. The third-order valence-electron chi connectivity index (χ3n) is 3.26. The molecule has 0 spiro atoms. The van der Waals surface area contributed by atoms with Crippen LogP contribution in [-0.2, 0) is 4.79 Å². The summed E-state index contributed by atoms with van der Waals surface area (Å²) in [5.41, 5.74) is 0.356. The summed E-state index contributed by atoms with van der Waals surface area (Å²) < 4.78 is 0. The van der Waals surface area contributed by atoms with E-state index in [0.29, 0.717) is 5.02 Å². The van der Waals surface area contributed by atoms with Crippen LogP contribution >= 0.6 is 11.6 Å². The van der Waals surface area contributed by atoms with Gasteiger partial charge < -0.3 is 10.4 Å². The van der Waals surface area contributed by atoms with Crippen LogP contribution < -0.4 is 5.32 Å². The molecule has 3 nitrogen and oxygen atoms in total. The maximum absolute atomic E-state index is 11.3. The van der Waals surface area contributed by atoms with Crippen molar-refractivity contribution in [2.45, 2.75) is 18.9 Å². The summed E-state index contributed by atoms with van der Waals surface area (Å²) in [6.07, 6.45) is 1.47. The number of carbonyl (C=O) groups is 1. The molecule has 1 atom stereocenters. The quantitative estimate of drug-likeness (QED) is 0.849. The first kappa shape index (κ1) is 11.4. The van der Waals surface area contributed by atoms with E-state index in [1.807, 2.05) is 12.1 Å². The molecule has 1 aliphatic rings. The van der Waals surface area contributed by atoms with Crippen LogP contribution in [-0.4, -0.2) is 18.1 Å². The molecule has 2 N–H and O–H groups in total. The molecule has 4 heteroatoms. The predicted octanol–water partition coefficient (Wildman–Crippen LogP) is 2.47. The van der Waals surface area contributed by atoms with E-state index in [0.717, 1.165) is 18.4 Å². The van der Waals surface area contributed by atoms with Gasteiger partial charge in [-0.3, -0.25) is 4.79 Å². The summed E-state index contributed by atoms with van der Waals surface area (Å²) in [5, 5.41) is 13.0. The smallest absolute Gasteiger partial charge is 0.311 e. The van der Waals surface area contributed by atoms with Crippen LogP contribution in [0, 0.1) is 5.41 Å². The van der Waals surface area contributed by atoms with Gasteiger partial charge in [0.2, 0.25) is 0 Å². The van der Waals surface area contributed by atoms with Gasteiger partial charge >= 0.3 is 5.97 Å². The van der Waals surface area contributed by atoms with Crippen molar-refractivity contribution in [3.63, 3.8) is 0 Å². The number of carboxylic acids is 1. The normalized spacial score (nSPS) is 19.1. The van der Waals surface area contributed by atoms with Gasteiger partial charge in [0.15, 0.2) is 0 Å². The number of hydrogen-bond donors (Lipinski definition) is 2. The number of nitrogens with one attached hydrogen (secondary N) is 1. The number of halogens is 1. The Morgan fingerprint density at radius 1 is 1.44 bits per heavy atom. The first-order chi connectivity index (χ1) is 7.60. The van der Waals surface area contributed by atoms with Crippen LogP contribution in [0.25, 0.3) is 0 Å². The maximum atomic E-state index is 11.3. The lowest BCUT2D eigenvalue weighted by atomic mass is 9.90. The zero-order valence-corrected chi connectivity index (χ0v) is 9.79. The Kier molecular flexibility index (Phi) is 2.91. The Bertz CT molecular complexity index is 398. The molecule has 1 unspecified atom stereocenters. The van der Waals surface area contributed by atoms with Crippen LogP contribution in [0.5, 0.6) is 0 Å². The van der Waals surface area contributed by atoms with Crippen molar-refractivity contribution in [3.05, 3.63) is 34.9 Å². The molecule has 0 amide bonds. The molecule has 1 saturated carbocycles. The van der Waals surface area contributed by atoms with Crippen molar-refractivity contribution < 1.29 is 9.90 Å². The second-order valence-electron chi connectivity index (χ2n) is 4.23. The largest absolute Gasteiger partial charge is 0.481 e. The molecule has 1 aromatic rings. The van der Waals surface area contributed by atoms with Gasteiger partial charge in [-0.05, 0) is 37.6 Å². The lowest BCUT2D eigenvalue weighted by Gasteiger charge is -2.23. The predicted molar refractivity (Wildman–Crippen MR) is 62.6 cm³/mol. The molecule has 2 rings (SSSR count). The molecule has 0 saturated heterocycles. The SMILES string of the molecule is CNC(c1ccc(Cl)cc1)C1(C(=O)O)CC1. The third-order valence-corrected chi connectivity index (χ3v) is 3.51. The van der Waals surface area contributed by atoms with E-state index < -0.39 is 11.4 Å². The highest BCUT2D eigenvalue weighted by Crippen LogP contribution is 2.55. The summed E-state index contributed by atoms with van der Waals surface area (Å²) >= 11 is 5.82. The van der Waals surface area contributed by atoms with E-state index in [2.05, 4.69) is 5.32 Å². The number of carboxylic acid groups (broad SMARTS) is 1. The minimum atomic E-state index is -0.721. The Labute approximate surface area is 99.4 Å². The Hall–Kier alpha value is -1.06. The van der Waals surface area contributed by atoms with Gasteiger partial charge in [0.25, 0.3) is 0 Å². The molecule has 1 aromatic carbocycles. The Morgan fingerprint density at radius 2 is 2.00 bits per heavy atom. The van der Waals surface area contributed by atoms with Crippen molar-refractivity contribution in [2.75, 3.05) is 7.05 Å². The Morgan fingerprint density at radius 3 is 2.38 bits per heavy atom. The fourth-order valence-electron chi connectivity index (χ4n) is 2.18. The van der Waals surface area contributed by atoms with Gasteiger partial charge in [-0.2, -0.15) is 0 Å². The number of rotatable bonds is 4. The van der Waals surface area contributed by atoms with Crippen molar-refractivity contribution in [1.29, 1.82) is 0 Å². The summed E-state index contributed by atoms with van der Waals surface area (Å²) in [7, 11) is 1.79. The summed E-state index contributed by atoms with van der Waals surface area (Å²) in [5.74, 6) is -0.721. The molecule has 1 aliphatic carbocycles. The van der Waals surface area contributed by atoms with Crippen molar-refractivity contribution >= 4 is 17.6 Å². The molecule has 0 bridgehead atoms. The van der Waals surface area contributed by atoms with Crippen molar-refractivity contribution in [2.24, 2.45) is 5.41 Å². The molecule has 1 fully saturated rings. The van der Waals surface area contributed by atoms with Crippen LogP contribution in [0.3, 0.4) is 0 Å². The fourth-order valence-corrected chi connectivity index (χ4v) is 2.30. The lowest BCUT2D eigenvalue weighted by molar-refractivity contribution is -0.144. The Balaban J connectivity index is 2.30. The minimum absolute atomic E-state index is 0.137. The molecular formula is C12H14ClNO2. The van der Waals surface area contributed by atoms with Crippen LogP contribution in [0.1, 0.15) is 24.4 Å². The fraction of sp³-hybridized carbons (Fsp3) is 0.417. The van der Waals surface area contributed by atoms with Gasteiger partial charge in [-0.1, -0.05) is 23.7 Å². The highest BCUT2D eigenvalue weighted by Gasteiger charge is 2.56. The molecule has 16 heavy (non-hydrogen) atoms. The third kappa shape index (κ3) is 1.81. The molecule has 0 radical (unpaired) electrons. The standard InChI is InChI=1S/C12H14ClNO2/c1-14-10(12(6-7-12)11(15)16)8-2-4-9(13)5-3-8/h2-5,10,14H,6-7H2,1H3,(H,15,16). The first-order valence-corrected chi connectivity index (χ1v) is 5.64. The number of benzene rings is 1. The van der Waals surface area contributed by atoms with E-state index in [4.69, 9.17) is 11.6 Å².